The fraction of sp³-hybridized carbons (Fsp3) is 0.545. The van der Waals surface area contributed by atoms with Gasteiger partial charge in [-0.15, -0.1) is 0 Å². The quantitative estimate of drug-likeness (QED) is 0.590. The van der Waals surface area contributed by atoms with Crippen LogP contribution in [0.25, 0.3) is 0 Å². The van der Waals surface area contributed by atoms with Crippen molar-refractivity contribution in [2.45, 2.75) is 31.3 Å². The molecule has 0 amide bonds. The smallest absolute Gasteiger partial charge is 0.330 e. The van der Waals surface area contributed by atoms with Crippen LogP contribution in [0.4, 0.5) is 0 Å². The summed E-state index contributed by atoms with van der Waals surface area (Å²) < 4.78 is 6.39. The third-order valence-corrected chi connectivity index (χ3v) is 3.19. The molecule has 1 saturated heterocycles. The van der Waals surface area contributed by atoms with E-state index in [4.69, 9.17) is 15.1 Å². The van der Waals surface area contributed by atoms with E-state index in [9.17, 15) is 14.7 Å². The lowest BCUT2D eigenvalue weighted by Crippen LogP contribution is -2.41. The number of aromatic amines is 1. The Morgan fingerprint density at radius 1 is 1.68 bits per heavy atom. The highest BCUT2D eigenvalue weighted by molar-refractivity contribution is 5.11. The summed E-state index contributed by atoms with van der Waals surface area (Å²) in [6.07, 6.45) is -0.861. The van der Waals surface area contributed by atoms with Gasteiger partial charge in [-0.2, -0.15) is 5.26 Å². The highest BCUT2D eigenvalue weighted by atomic mass is 16.6. The second-order valence-electron chi connectivity index (χ2n) is 4.46. The van der Waals surface area contributed by atoms with Crippen LogP contribution in [0.3, 0.4) is 0 Å². The van der Waals surface area contributed by atoms with Gasteiger partial charge in [0.1, 0.15) is 18.4 Å². The predicted octanol–water partition coefficient (Wildman–Crippen LogP) is -1.62. The van der Waals surface area contributed by atoms with Gasteiger partial charge in [-0.3, -0.25) is 14.3 Å². The zero-order valence-electron chi connectivity index (χ0n) is 10.2. The van der Waals surface area contributed by atoms with Crippen LogP contribution in [0.1, 0.15) is 18.2 Å². The van der Waals surface area contributed by atoms with Crippen molar-refractivity contribution >= 4 is 0 Å². The summed E-state index contributed by atoms with van der Waals surface area (Å²) in [7, 11) is 0. The predicted molar refractivity (Wildman–Crippen MR) is 62.2 cm³/mol. The maximum absolute atomic E-state index is 11.7. The maximum atomic E-state index is 11.7. The van der Waals surface area contributed by atoms with Gasteiger partial charge in [-0.1, -0.05) is 0 Å². The van der Waals surface area contributed by atoms with E-state index in [1.54, 1.807) is 6.07 Å². The largest absolute Gasteiger partial charge is 0.392 e. The van der Waals surface area contributed by atoms with Gasteiger partial charge in [-0.05, 0) is 6.92 Å². The van der Waals surface area contributed by atoms with Gasteiger partial charge in [0.15, 0.2) is 0 Å². The molecule has 1 fully saturated rings. The van der Waals surface area contributed by atoms with E-state index in [0.717, 1.165) is 4.57 Å². The van der Waals surface area contributed by atoms with Crippen molar-refractivity contribution in [2.24, 2.45) is 0 Å². The van der Waals surface area contributed by atoms with Gasteiger partial charge in [-0.25, -0.2) is 4.79 Å². The van der Waals surface area contributed by atoms with Crippen LogP contribution in [0, 0.1) is 18.3 Å². The Hall–Kier alpha value is -1.95. The number of nitrogens with one attached hydrogen (secondary N) is 1. The minimum Gasteiger partial charge on any atom is -0.392 e. The molecule has 102 valence electrons. The van der Waals surface area contributed by atoms with Crippen molar-refractivity contribution in [3.8, 4) is 6.07 Å². The van der Waals surface area contributed by atoms with Crippen molar-refractivity contribution in [3.05, 3.63) is 32.6 Å². The fourth-order valence-electron chi connectivity index (χ4n) is 2.00. The van der Waals surface area contributed by atoms with E-state index in [-0.39, 0.29) is 6.42 Å². The normalized spacial score (nSPS) is 30.2. The number of nitrogens with zero attached hydrogens (tertiary/aromatic N) is 2. The highest BCUT2D eigenvalue weighted by Gasteiger charge is 2.49. The monoisotopic (exact) mass is 267 g/mol. The zero-order chi connectivity index (χ0) is 14.2. The van der Waals surface area contributed by atoms with Crippen molar-refractivity contribution in [2.75, 3.05) is 6.61 Å². The lowest BCUT2D eigenvalue weighted by molar-refractivity contribution is -0.0925. The molecular formula is C11H13N3O5. The molecule has 8 heteroatoms. The third kappa shape index (κ3) is 2.08. The number of rotatable bonds is 2. The number of nitriles is 1. The Labute approximate surface area is 107 Å². The van der Waals surface area contributed by atoms with E-state index in [0.29, 0.717) is 5.56 Å². The lowest BCUT2D eigenvalue weighted by atomic mass is 10.00. The van der Waals surface area contributed by atoms with Crippen molar-refractivity contribution in [3.63, 3.8) is 0 Å². The number of aliphatic hydroxyl groups excluding tert-OH is 2. The van der Waals surface area contributed by atoms with Crippen molar-refractivity contribution < 1.29 is 14.9 Å². The molecule has 1 aromatic rings. The van der Waals surface area contributed by atoms with Gasteiger partial charge in [0, 0.05) is 18.2 Å². The second-order valence-corrected chi connectivity index (χ2v) is 4.46. The average molecular weight is 267 g/mol. The van der Waals surface area contributed by atoms with Crippen LogP contribution >= 0.6 is 0 Å². The highest BCUT2D eigenvalue weighted by Crippen LogP contribution is 2.35. The molecule has 0 aliphatic carbocycles. The topological polar surface area (TPSA) is 128 Å². The van der Waals surface area contributed by atoms with Crippen LogP contribution in [0.15, 0.2) is 15.8 Å². The number of H-pyrrole nitrogens is 1. The summed E-state index contributed by atoms with van der Waals surface area (Å²) in [6.45, 7) is 0.835. The minimum absolute atomic E-state index is 0.0283. The van der Waals surface area contributed by atoms with Crippen LogP contribution in [0.5, 0.6) is 0 Å². The maximum Gasteiger partial charge on any atom is 0.330 e. The molecule has 1 aliphatic heterocycles. The summed E-state index contributed by atoms with van der Waals surface area (Å²) in [5, 5.41) is 27.9. The lowest BCUT2D eigenvalue weighted by Gasteiger charge is -2.21. The Bertz CT molecular complexity index is 643. The first-order chi connectivity index (χ1) is 8.93. The molecule has 0 unspecified atom stereocenters. The first kappa shape index (κ1) is 13.5. The first-order valence-corrected chi connectivity index (χ1v) is 5.63. The number of aliphatic hydroxyl groups is 2. The molecule has 1 aromatic heterocycles. The van der Waals surface area contributed by atoms with Crippen LogP contribution in [-0.4, -0.2) is 38.1 Å². The summed E-state index contributed by atoms with van der Waals surface area (Å²) in [5.74, 6) is 0. The molecular weight excluding hydrogens is 254 g/mol. The van der Waals surface area contributed by atoms with Crippen molar-refractivity contribution in [1.82, 2.24) is 9.55 Å². The number of aryl methyl sites for hydroxylation is 1. The first-order valence-electron chi connectivity index (χ1n) is 5.63. The van der Waals surface area contributed by atoms with Gasteiger partial charge >= 0.3 is 5.69 Å². The van der Waals surface area contributed by atoms with Crippen LogP contribution < -0.4 is 11.2 Å². The molecule has 8 nitrogen and oxygen atoms in total. The zero-order valence-corrected chi connectivity index (χ0v) is 10.2. The molecule has 0 aromatic carbocycles. The van der Waals surface area contributed by atoms with Crippen molar-refractivity contribution in [1.29, 1.82) is 5.26 Å². The summed E-state index contributed by atoms with van der Waals surface area (Å²) in [5.41, 5.74) is -2.64. The molecule has 1 aliphatic rings. The minimum atomic E-state index is -1.74. The molecule has 3 atom stereocenters. The van der Waals surface area contributed by atoms with E-state index < -0.39 is 35.8 Å². The Kier molecular flexibility index (Phi) is 3.28. The van der Waals surface area contributed by atoms with E-state index >= 15 is 0 Å². The van der Waals surface area contributed by atoms with Crippen LogP contribution in [-0.2, 0) is 4.74 Å². The summed E-state index contributed by atoms with van der Waals surface area (Å²) in [6, 6.07) is 1.71. The summed E-state index contributed by atoms with van der Waals surface area (Å²) in [4.78, 5) is 25.0. The van der Waals surface area contributed by atoms with Gasteiger partial charge in [0.05, 0.1) is 6.61 Å². The third-order valence-electron chi connectivity index (χ3n) is 3.19. The molecule has 0 radical (unpaired) electrons. The molecule has 2 heterocycles. The van der Waals surface area contributed by atoms with Crippen LogP contribution in [0.2, 0.25) is 0 Å². The Balaban J connectivity index is 2.42. The van der Waals surface area contributed by atoms with E-state index in [1.807, 2.05) is 0 Å². The van der Waals surface area contributed by atoms with E-state index in [2.05, 4.69) is 4.98 Å². The average Bonchev–Trinajstić information content (AvgIpc) is 2.71. The Morgan fingerprint density at radius 2 is 2.37 bits per heavy atom. The molecule has 3 N–H and O–H groups in total. The molecule has 0 saturated carbocycles. The molecule has 0 bridgehead atoms. The van der Waals surface area contributed by atoms with Gasteiger partial charge in [0.2, 0.25) is 5.60 Å². The number of hydrogen-bond donors (Lipinski definition) is 3. The molecule has 2 rings (SSSR count). The standard InChI is InChI=1S/C11H13N3O5/c1-6-3-14(10(18)13-9(6)17)8-2-7(16)11(4-12,5-15)19-8/h3,7-8,15-16H,2,5H2,1H3,(H,13,17,18)/t7-,8+,11-/m0/s1. The SMILES string of the molecule is Cc1cn([C@H]2C[C@H](O)[C@](C#N)(CO)O2)c(=O)[nH]c1=O. The van der Waals surface area contributed by atoms with Gasteiger partial charge in [0.25, 0.3) is 5.56 Å². The van der Waals surface area contributed by atoms with Gasteiger partial charge < -0.3 is 14.9 Å². The molecule has 0 spiro atoms. The number of hydrogen-bond acceptors (Lipinski definition) is 6. The second kappa shape index (κ2) is 4.62. The summed E-state index contributed by atoms with van der Waals surface area (Å²) >= 11 is 0. The fourth-order valence-corrected chi connectivity index (χ4v) is 2.00. The number of ether oxygens (including phenoxy) is 1. The number of aromatic nitrogens is 2. The molecule has 19 heavy (non-hydrogen) atoms. The Morgan fingerprint density at radius 3 is 2.89 bits per heavy atom. The van der Waals surface area contributed by atoms with E-state index in [1.165, 1.54) is 13.1 Å².